The summed E-state index contributed by atoms with van der Waals surface area (Å²) in [5.74, 6) is -4.01. The Morgan fingerprint density at radius 1 is 1.12 bits per heavy atom. The first kappa shape index (κ1) is 20.9. The zero-order valence-electron chi connectivity index (χ0n) is 14.3. The quantitative estimate of drug-likeness (QED) is 0.462. The second kappa shape index (κ2) is 9.36. The standard InChI is InChI=1S/C20H19F3O3/c1-12(14(3)19(22)20(23)15(4)25-5)6-7-13(2)26-11-16-8-9-18(24)17(21)10-16/h6-10,24H,1-4,11H2,5H3/b7-6-,20-19-. The first-order valence-electron chi connectivity index (χ1n) is 7.31. The lowest BCUT2D eigenvalue weighted by atomic mass is 10.1. The minimum Gasteiger partial charge on any atom is -0.505 e. The molecule has 1 rings (SSSR count). The van der Waals surface area contributed by atoms with Crippen LogP contribution in [-0.4, -0.2) is 12.2 Å². The fourth-order valence-electron chi connectivity index (χ4n) is 1.64. The van der Waals surface area contributed by atoms with Gasteiger partial charge in [0.1, 0.15) is 18.1 Å². The Labute approximate surface area is 150 Å². The maximum absolute atomic E-state index is 13.9. The summed E-state index contributed by atoms with van der Waals surface area (Å²) in [6.45, 7) is 13.9. The molecule has 0 amide bonds. The monoisotopic (exact) mass is 364 g/mol. The van der Waals surface area contributed by atoms with Crippen molar-refractivity contribution in [2.45, 2.75) is 6.61 Å². The third-order valence-electron chi connectivity index (χ3n) is 3.24. The van der Waals surface area contributed by atoms with E-state index in [4.69, 9.17) is 9.84 Å². The number of phenolic OH excluding ortho intramolecular Hbond substituents is 1. The lowest BCUT2D eigenvalue weighted by Gasteiger charge is -2.08. The Kier molecular flexibility index (Phi) is 7.52. The number of methoxy groups -OCH3 is 1. The molecule has 1 aromatic rings. The summed E-state index contributed by atoms with van der Waals surface area (Å²) in [6.07, 6.45) is 2.71. The second-order valence-corrected chi connectivity index (χ2v) is 5.13. The molecule has 0 atom stereocenters. The molecule has 1 N–H and O–H groups in total. The molecule has 0 radical (unpaired) electrons. The molecule has 0 unspecified atom stereocenters. The molecule has 0 fully saturated rings. The highest BCUT2D eigenvalue weighted by Crippen LogP contribution is 2.26. The van der Waals surface area contributed by atoms with Crippen molar-refractivity contribution in [2.24, 2.45) is 0 Å². The van der Waals surface area contributed by atoms with E-state index in [1.165, 1.54) is 24.3 Å². The molecule has 0 aromatic heterocycles. The number of allylic oxidation sites excluding steroid dienone is 6. The van der Waals surface area contributed by atoms with E-state index in [0.717, 1.165) is 13.2 Å². The van der Waals surface area contributed by atoms with Crippen molar-refractivity contribution in [3.05, 3.63) is 102 Å². The van der Waals surface area contributed by atoms with Crippen LogP contribution in [-0.2, 0) is 16.1 Å². The molecule has 0 spiro atoms. The van der Waals surface area contributed by atoms with E-state index < -0.39 is 29.0 Å². The third-order valence-corrected chi connectivity index (χ3v) is 3.24. The van der Waals surface area contributed by atoms with E-state index in [9.17, 15) is 13.2 Å². The Balaban J connectivity index is 2.66. The molecule has 0 aliphatic rings. The maximum atomic E-state index is 13.9. The number of hydrogen-bond acceptors (Lipinski definition) is 3. The first-order chi connectivity index (χ1) is 12.2. The van der Waals surface area contributed by atoms with E-state index in [-0.39, 0.29) is 23.5 Å². The highest BCUT2D eigenvalue weighted by molar-refractivity contribution is 5.49. The highest BCUT2D eigenvalue weighted by Gasteiger charge is 2.14. The molecule has 26 heavy (non-hydrogen) atoms. The summed E-state index contributed by atoms with van der Waals surface area (Å²) in [7, 11) is 1.16. The molecule has 138 valence electrons. The molecular weight excluding hydrogens is 345 g/mol. The van der Waals surface area contributed by atoms with Gasteiger partial charge in [0.15, 0.2) is 17.4 Å². The van der Waals surface area contributed by atoms with Crippen molar-refractivity contribution >= 4 is 0 Å². The van der Waals surface area contributed by atoms with Gasteiger partial charge in [0.05, 0.1) is 7.11 Å². The van der Waals surface area contributed by atoms with Crippen LogP contribution in [0.2, 0.25) is 0 Å². The largest absolute Gasteiger partial charge is 0.505 e. The summed E-state index contributed by atoms with van der Waals surface area (Å²) >= 11 is 0. The van der Waals surface area contributed by atoms with Gasteiger partial charge in [-0.25, -0.2) is 8.78 Å². The molecule has 0 aliphatic heterocycles. The zero-order chi connectivity index (χ0) is 19.9. The van der Waals surface area contributed by atoms with Crippen LogP contribution >= 0.6 is 0 Å². The topological polar surface area (TPSA) is 38.7 Å². The molecule has 0 saturated heterocycles. The van der Waals surface area contributed by atoms with Crippen LogP contribution in [0.4, 0.5) is 13.2 Å². The van der Waals surface area contributed by atoms with Crippen molar-refractivity contribution in [3.8, 4) is 5.75 Å². The van der Waals surface area contributed by atoms with Crippen molar-refractivity contribution in [3.63, 3.8) is 0 Å². The zero-order valence-corrected chi connectivity index (χ0v) is 14.3. The molecule has 3 nitrogen and oxygen atoms in total. The van der Waals surface area contributed by atoms with E-state index in [2.05, 4.69) is 31.1 Å². The van der Waals surface area contributed by atoms with E-state index in [1.54, 1.807) is 0 Å². The van der Waals surface area contributed by atoms with Crippen molar-refractivity contribution < 1.29 is 27.8 Å². The normalized spacial score (nSPS) is 11.7. The predicted molar refractivity (Wildman–Crippen MR) is 94.8 cm³/mol. The minimum atomic E-state index is -1.27. The lowest BCUT2D eigenvalue weighted by Crippen LogP contribution is -1.94. The number of halogens is 3. The molecule has 1 aromatic carbocycles. The lowest BCUT2D eigenvalue weighted by molar-refractivity contribution is 0.212. The van der Waals surface area contributed by atoms with E-state index >= 15 is 0 Å². The average molecular weight is 364 g/mol. The van der Waals surface area contributed by atoms with Gasteiger partial charge in [0.25, 0.3) is 0 Å². The van der Waals surface area contributed by atoms with Gasteiger partial charge in [-0.15, -0.1) is 0 Å². The molecule has 0 saturated carbocycles. The second-order valence-electron chi connectivity index (χ2n) is 5.13. The predicted octanol–water partition coefficient (Wildman–Crippen LogP) is 5.54. The van der Waals surface area contributed by atoms with Crippen LogP contribution in [0.15, 0.2) is 91.0 Å². The summed E-state index contributed by atoms with van der Waals surface area (Å²) in [5.41, 5.74) is 0.277. The Morgan fingerprint density at radius 2 is 1.77 bits per heavy atom. The van der Waals surface area contributed by atoms with Gasteiger partial charge < -0.3 is 14.6 Å². The number of hydrogen-bond donors (Lipinski definition) is 1. The van der Waals surface area contributed by atoms with Crippen LogP contribution in [0.5, 0.6) is 5.75 Å². The summed E-state index contributed by atoms with van der Waals surface area (Å²) in [4.78, 5) is 0. The number of aromatic hydroxyl groups is 1. The van der Waals surface area contributed by atoms with Crippen LogP contribution in [0.1, 0.15) is 5.56 Å². The van der Waals surface area contributed by atoms with E-state index in [1.807, 2.05) is 0 Å². The van der Waals surface area contributed by atoms with Crippen LogP contribution in [0.25, 0.3) is 0 Å². The van der Waals surface area contributed by atoms with Crippen molar-refractivity contribution in [1.29, 1.82) is 0 Å². The van der Waals surface area contributed by atoms with Gasteiger partial charge in [-0.1, -0.05) is 38.5 Å². The summed E-state index contributed by atoms with van der Waals surface area (Å²) < 4.78 is 50.6. The number of rotatable bonds is 9. The van der Waals surface area contributed by atoms with Gasteiger partial charge in [0.2, 0.25) is 5.83 Å². The van der Waals surface area contributed by atoms with Gasteiger partial charge in [-0.2, -0.15) is 4.39 Å². The molecule has 0 heterocycles. The molecule has 6 heteroatoms. The summed E-state index contributed by atoms with van der Waals surface area (Å²) in [5, 5.41) is 9.12. The Morgan fingerprint density at radius 3 is 2.35 bits per heavy atom. The SMILES string of the molecule is C=C(/C=C\C(=C)C(=C)/C(F)=C(/F)C(=C)OC)OCc1ccc(O)c(F)c1. The third kappa shape index (κ3) is 5.73. The minimum absolute atomic E-state index is 0.00432. The molecule has 0 bridgehead atoms. The smallest absolute Gasteiger partial charge is 0.200 e. The van der Waals surface area contributed by atoms with Crippen LogP contribution < -0.4 is 0 Å². The molecule has 0 aliphatic carbocycles. The van der Waals surface area contributed by atoms with Crippen molar-refractivity contribution in [2.75, 3.05) is 7.11 Å². The van der Waals surface area contributed by atoms with Crippen LogP contribution in [0.3, 0.4) is 0 Å². The van der Waals surface area contributed by atoms with Crippen molar-refractivity contribution in [1.82, 2.24) is 0 Å². The first-order valence-corrected chi connectivity index (χ1v) is 7.31. The highest BCUT2D eigenvalue weighted by atomic mass is 19.2. The average Bonchev–Trinajstić information content (AvgIpc) is 2.64. The number of benzene rings is 1. The maximum Gasteiger partial charge on any atom is 0.200 e. The Bertz CT molecular complexity index is 805. The van der Waals surface area contributed by atoms with E-state index in [0.29, 0.717) is 5.56 Å². The summed E-state index contributed by atoms with van der Waals surface area (Å²) in [6, 6.07) is 3.82. The molecular formula is C20H19F3O3. The fraction of sp³-hybridized carbons (Fsp3) is 0.100. The van der Waals surface area contributed by atoms with Gasteiger partial charge in [-0.05, 0) is 29.3 Å². The van der Waals surface area contributed by atoms with Gasteiger partial charge >= 0.3 is 0 Å². The van der Waals surface area contributed by atoms with Crippen LogP contribution in [0, 0.1) is 5.82 Å². The number of phenols is 1. The Hall–Kier alpha value is -3.15. The fourth-order valence-corrected chi connectivity index (χ4v) is 1.64. The van der Waals surface area contributed by atoms with Gasteiger partial charge in [0, 0.05) is 5.57 Å². The van der Waals surface area contributed by atoms with Gasteiger partial charge in [-0.3, -0.25) is 0 Å². The number of ether oxygens (including phenoxy) is 2.